The zero-order valence-electron chi connectivity index (χ0n) is 10.6. The fourth-order valence-electron chi connectivity index (χ4n) is 1.36. The molecule has 0 aliphatic carbocycles. The van der Waals surface area contributed by atoms with Crippen LogP contribution < -0.4 is 10.0 Å². The van der Waals surface area contributed by atoms with Gasteiger partial charge in [-0.2, -0.15) is 0 Å². The van der Waals surface area contributed by atoms with Crippen molar-refractivity contribution in [1.29, 1.82) is 0 Å². The van der Waals surface area contributed by atoms with Crippen LogP contribution in [0.15, 0.2) is 23.1 Å². The number of aromatic carboxylic acids is 1. The van der Waals surface area contributed by atoms with E-state index >= 15 is 0 Å². The molecule has 0 aliphatic heterocycles. The van der Waals surface area contributed by atoms with E-state index in [4.69, 9.17) is 5.11 Å². The molecule has 0 unspecified atom stereocenters. The summed E-state index contributed by atoms with van der Waals surface area (Å²) in [6.07, 6.45) is -0.0421. The van der Waals surface area contributed by atoms with Gasteiger partial charge in [-0.3, -0.25) is 4.79 Å². The van der Waals surface area contributed by atoms with E-state index in [1.165, 1.54) is 7.05 Å². The molecule has 0 heterocycles. The van der Waals surface area contributed by atoms with Gasteiger partial charge in [-0.05, 0) is 18.2 Å². The van der Waals surface area contributed by atoms with Crippen LogP contribution in [0.5, 0.6) is 5.75 Å². The number of aromatic hydroxyl groups is 1. The first-order chi connectivity index (χ1) is 9.27. The van der Waals surface area contributed by atoms with Gasteiger partial charge in [0.05, 0.1) is 4.90 Å². The number of carbonyl (C=O) groups excluding carboxylic acids is 1. The van der Waals surface area contributed by atoms with Crippen LogP contribution in [-0.2, 0) is 14.8 Å². The third-order valence-corrected chi connectivity index (χ3v) is 3.89. The molecule has 0 radical (unpaired) electrons. The number of rotatable bonds is 6. The molecular weight excluding hydrogens is 288 g/mol. The Balaban J connectivity index is 2.90. The van der Waals surface area contributed by atoms with Crippen molar-refractivity contribution in [2.45, 2.75) is 11.3 Å². The highest BCUT2D eigenvalue weighted by Gasteiger charge is 2.18. The molecule has 20 heavy (non-hydrogen) atoms. The van der Waals surface area contributed by atoms with Crippen molar-refractivity contribution >= 4 is 21.9 Å². The Morgan fingerprint density at radius 3 is 2.50 bits per heavy atom. The Labute approximate surface area is 115 Å². The average Bonchev–Trinajstić information content (AvgIpc) is 2.38. The Bertz CT molecular complexity index is 626. The summed E-state index contributed by atoms with van der Waals surface area (Å²) in [5, 5.41) is 20.4. The highest BCUT2D eigenvalue weighted by molar-refractivity contribution is 7.89. The number of nitrogens with one attached hydrogen (secondary N) is 2. The van der Waals surface area contributed by atoms with Crippen molar-refractivity contribution in [2.75, 3.05) is 13.6 Å². The van der Waals surface area contributed by atoms with Gasteiger partial charge in [-0.25, -0.2) is 17.9 Å². The number of amides is 1. The minimum Gasteiger partial charge on any atom is -0.507 e. The standard InChI is InChI=1S/C11H14N2O6S/c1-12-10(15)4-5-13-20(18,19)7-2-3-9(14)8(6-7)11(16)17/h2-3,6,13-14H,4-5H2,1H3,(H,12,15)(H,16,17). The van der Waals surface area contributed by atoms with Crippen molar-refractivity contribution in [3.05, 3.63) is 23.8 Å². The van der Waals surface area contributed by atoms with Gasteiger partial charge in [-0.15, -0.1) is 0 Å². The topological polar surface area (TPSA) is 133 Å². The maximum Gasteiger partial charge on any atom is 0.339 e. The maximum absolute atomic E-state index is 11.9. The lowest BCUT2D eigenvalue weighted by molar-refractivity contribution is -0.120. The van der Waals surface area contributed by atoms with Crippen molar-refractivity contribution in [1.82, 2.24) is 10.0 Å². The van der Waals surface area contributed by atoms with Gasteiger partial charge in [0.15, 0.2) is 0 Å². The predicted octanol–water partition coefficient (Wildman–Crippen LogP) is -0.495. The Hall–Kier alpha value is -2.13. The van der Waals surface area contributed by atoms with Crippen LogP contribution in [-0.4, -0.2) is 44.1 Å². The molecule has 0 saturated heterocycles. The zero-order chi connectivity index (χ0) is 15.3. The van der Waals surface area contributed by atoms with E-state index in [1.807, 2.05) is 0 Å². The second kappa shape index (κ2) is 6.35. The largest absolute Gasteiger partial charge is 0.507 e. The summed E-state index contributed by atoms with van der Waals surface area (Å²) >= 11 is 0. The lowest BCUT2D eigenvalue weighted by atomic mass is 10.2. The van der Waals surface area contributed by atoms with Gasteiger partial charge in [0.2, 0.25) is 15.9 Å². The number of sulfonamides is 1. The van der Waals surface area contributed by atoms with E-state index in [-0.39, 0.29) is 23.8 Å². The van der Waals surface area contributed by atoms with Crippen molar-refractivity contribution in [3.63, 3.8) is 0 Å². The van der Waals surface area contributed by atoms with Gasteiger partial charge >= 0.3 is 5.97 Å². The lowest BCUT2D eigenvalue weighted by Gasteiger charge is -2.08. The Morgan fingerprint density at radius 2 is 1.95 bits per heavy atom. The summed E-state index contributed by atoms with van der Waals surface area (Å²) in [5.41, 5.74) is -0.515. The summed E-state index contributed by atoms with van der Waals surface area (Å²) < 4.78 is 25.9. The fraction of sp³-hybridized carbons (Fsp3) is 0.273. The van der Waals surface area contributed by atoms with E-state index in [1.54, 1.807) is 0 Å². The van der Waals surface area contributed by atoms with E-state index in [0.717, 1.165) is 18.2 Å². The van der Waals surface area contributed by atoms with Crippen molar-refractivity contribution in [3.8, 4) is 5.75 Å². The molecule has 0 aliphatic rings. The number of phenols is 1. The van der Waals surface area contributed by atoms with E-state index in [2.05, 4.69) is 10.0 Å². The summed E-state index contributed by atoms with van der Waals surface area (Å²) in [4.78, 5) is 21.5. The summed E-state index contributed by atoms with van der Waals surface area (Å²) in [5.74, 6) is -2.30. The van der Waals surface area contributed by atoms with Crippen LogP contribution in [0.3, 0.4) is 0 Å². The Kier molecular flexibility index (Phi) is 5.06. The highest BCUT2D eigenvalue weighted by Crippen LogP contribution is 2.21. The quantitative estimate of drug-likeness (QED) is 0.560. The number of carboxylic acid groups (broad SMARTS) is 1. The second-order valence-corrected chi connectivity index (χ2v) is 5.57. The van der Waals surface area contributed by atoms with E-state index in [9.17, 15) is 23.1 Å². The number of hydrogen-bond acceptors (Lipinski definition) is 5. The zero-order valence-corrected chi connectivity index (χ0v) is 11.4. The van der Waals surface area contributed by atoms with Crippen LogP contribution in [0.2, 0.25) is 0 Å². The highest BCUT2D eigenvalue weighted by atomic mass is 32.2. The molecule has 0 spiro atoms. The third-order valence-electron chi connectivity index (χ3n) is 2.43. The molecule has 0 bridgehead atoms. The molecule has 1 amide bonds. The first-order valence-corrected chi connectivity index (χ1v) is 7.03. The van der Waals surface area contributed by atoms with Gasteiger partial charge < -0.3 is 15.5 Å². The Morgan fingerprint density at radius 1 is 1.30 bits per heavy atom. The molecule has 0 aromatic heterocycles. The second-order valence-electron chi connectivity index (χ2n) is 3.81. The minimum absolute atomic E-state index is 0.0421. The van der Waals surface area contributed by atoms with Crippen LogP contribution in [0.4, 0.5) is 0 Å². The van der Waals surface area contributed by atoms with Gasteiger partial charge in [0.1, 0.15) is 11.3 Å². The predicted molar refractivity (Wildman–Crippen MR) is 68.9 cm³/mol. The van der Waals surface area contributed by atoms with Crippen molar-refractivity contribution < 1.29 is 28.2 Å². The molecule has 9 heteroatoms. The number of carboxylic acids is 1. The number of hydrogen-bond donors (Lipinski definition) is 4. The maximum atomic E-state index is 11.9. The molecule has 1 aromatic rings. The molecule has 0 atom stereocenters. The van der Waals surface area contributed by atoms with Crippen LogP contribution >= 0.6 is 0 Å². The van der Waals surface area contributed by atoms with Gasteiger partial charge in [-0.1, -0.05) is 0 Å². The van der Waals surface area contributed by atoms with Crippen molar-refractivity contribution in [2.24, 2.45) is 0 Å². The minimum atomic E-state index is -3.94. The molecule has 4 N–H and O–H groups in total. The van der Waals surface area contributed by atoms with E-state index in [0.29, 0.717) is 0 Å². The SMILES string of the molecule is CNC(=O)CCNS(=O)(=O)c1ccc(O)c(C(=O)O)c1. The summed E-state index contributed by atoms with van der Waals surface area (Å²) in [6.45, 7) is -0.120. The smallest absolute Gasteiger partial charge is 0.339 e. The molecule has 1 aromatic carbocycles. The average molecular weight is 302 g/mol. The van der Waals surface area contributed by atoms with E-state index < -0.39 is 27.3 Å². The normalized spacial score (nSPS) is 11.1. The molecule has 8 nitrogen and oxygen atoms in total. The van der Waals surface area contributed by atoms with Gasteiger partial charge in [0, 0.05) is 20.0 Å². The first-order valence-electron chi connectivity index (χ1n) is 5.54. The third kappa shape index (κ3) is 3.93. The van der Waals surface area contributed by atoms with Crippen LogP contribution in [0.1, 0.15) is 16.8 Å². The summed E-state index contributed by atoms with van der Waals surface area (Å²) in [7, 11) is -2.51. The molecule has 0 saturated carbocycles. The monoisotopic (exact) mass is 302 g/mol. The lowest BCUT2D eigenvalue weighted by Crippen LogP contribution is -2.29. The van der Waals surface area contributed by atoms with Gasteiger partial charge in [0.25, 0.3) is 0 Å². The molecular formula is C11H14N2O6S. The summed E-state index contributed by atoms with van der Waals surface area (Å²) in [6, 6.07) is 2.90. The van der Waals surface area contributed by atoms with Crippen LogP contribution in [0, 0.1) is 0 Å². The number of carbonyl (C=O) groups is 2. The van der Waals surface area contributed by atoms with Crippen LogP contribution in [0.25, 0.3) is 0 Å². The fourth-order valence-corrected chi connectivity index (χ4v) is 2.42. The number of benzene rings is 1. The molecule has 0 fully saturated rings. The first kappa shape index (κ1) is 15.9. The molecule has 1 rings (SSSR count). The molecule has 110 valence electrons.